The molecule has 2 heterocycles. The summed E-state index contributed by atoms with van der Waals surface area (Å²) in [5.41, 5.74) is 0.719. The summed E-state index contributed by atoms with van der Waals surface area (Å²) in [6.45, 7) is 4.53. The predicted molar refractivity (Wildman–Crippen MR) is 80.4 cm³/mol. The summed E-state index contributed by atoms with van der Waals surface area (Å²) in [6, 6.07) is 6.71. The smallest absolute Gasteiger partial charge is 0.247 e. The second-order valence-electron chi connectivity index (χ2n) is 5.01. The molecular formula is C15H17N3O4. The van der Waals surface area contributed by atoms with E-state index in [0.717, 1.165) is 5.69 Å². The Balaban J connectivity index is 1.68. The predicted octanol–water partition coefficient (Wildman–Crippen LogP) is 2.19. The second kappa shape index (κ2) is 5.97. The number of aryl methyl sites for hydroxylation is 1. The molecule has 0 saturated heterocycles. The quantitative estimate of drug-likeness (QED) is 0.900. The van der Waals surface area contributed by atoms with Crippen molar-refractivity contribution in [2.45, 2.75) is 19.9 Å². The van der Waals surface area contributed by atoms with E-state index in [1.54, 1.807) is 19.9 Å². The lowest BCUT2D eigenvalue weighted by atomic mass is 10.2. The minimum atomic E-state index is -0.478. The number of fused-ring (bicyclic) bond motifs is 1. The standard InChI is InChI=1S/C15H17N3O4/c1-9-8-13(18-22-9)17-15(19)10(2)16-11-4-3-5-12-14(11)21-7-6-20-12/h3-5,8,10,16H,6-7H2,1-2H3,(H,17,18,19)/t10-/m1/s1. The Morgan fingerprint density at radius 3 is 2.91 bits per heavy atom. The molecule has 7 nitrogen and oxygen atoms in total. The zero-order chi connectivity index (χ0) is 15.5. The molecule has 0 bridgehead atoms. The van der Waals surface area contributed by atoms with Crippen molar-refractivity contribution in [3.05, 3.63) is 30.0 Å². The van der Waals surface area contributed by atoms with E-state index >= 15 is 0 Å². The van der Waals surface area contributed by atoms with E-state index in [-0.39, 0.29) is 5.91 Å². The summed E-state index contributed by atoms with van der Waals surface area (Å²) < 4.78 is 16.0. The number of nitrogens with one attached hydrogen (secondary N) is 2. The highest BCUT2D eigenvalue weighted by atomic mass is 16.6. The van der Waals surface area contributed by atoms with Crippen LogP contribution in [0.3, 0.4) is 0 Å². The van der Waals surface area contributed by atoms with Gasteiger partial charge in [-0.2, -0.15) is 0 Å². The van der Waals surface area contributed by atoms with E-state index in [0.29, 0.717) is 36.3 Å². The lowest BCUT2D eigenvalue weighted by Crippen LogP contribution is -2.32. The Hall–Kier alpha value is -2.70. The molecule has 1 aromatic carbocycles. The zero-order valence-corrected chi connectivity index (χ0v) is 12.4. The van der Waals surface area contributed by atoms with E-state index in [2.05, 4.69) is 15.8 Å². The molecule has 3 rings (SSSR count). The minimum absolute atomic E-state index is 0.220. The first-order chi connectivity index (χ1) is 10.6. The van der Waals surface area contributed by atoms with Gasteiger partial charge < -0.3 is 24.6 Å². The molecule has 1 amide bonds. The minimum Gasteiger partial charge on any atom is -0.486 e. The van der Waals surface area contributed by atoms with Gasteiger partial charge in [0.05, 0.1) is 5.69 Å². The number of para-hydroxylation sites is 1. The SMILES string of the molecule is Cc1cc(NC(=O)[C@@H](C)Nc2cccc3c2OCCO3)no1. The summed E-state index contributed by atoms with van der Waals surface area (Å²) in [5, 5.41) is 9.54. The molecule has 0 fully saturated rings. The molecule has 0 radical (unpaired) electrons. The number of rotatable bonds is 4. The zero-order valence-electron chi connectivity index (χ0n) is 12.4. The van der Waals surface area contributed by atoms with Gasteiger partial charge in [-0.25, -0.2) is 0 Å². The van der Waals surface area contributed by atoms with Crippen LogP contribution in [0.1, 0.15) is 12.7 Å². The molecule has 0 saturated carbocycles. The maximum Gasteiger partial charge on any atom is 0.247 e. The van der Waals surface area contributed by atoms with Crippen molar-refractivity contribution in [1.82, 2.24) is 5.16 Å². The van der Waals surface area contributed by atoms with E-state index in [9.17, 15) is 4.79 Å². The van der Waals surface area contributed by atoms with Crippen LogP contribution in [-0.2, 0) is 4.79 Å². The number of nitrogens with zero attached hydrogens (tertiary/aromatic N) is 1. The number of anilines is 2. The number of carbonyl (C=O) groups is 1. The van der Waals surface area contributed by atoms with Crippen molar-refractivity contribution < 1.29 is 18.8 Å². The molecule has 1 aliphatic rings. The molecular weight excluding hydrogens is 286 g/mol. The van der Waals surface area contributed by atoms with E-state index in [1.165, 1.54) is 0 Å². The fourth-order valence-electron chi connectivity index (χ4n) is 2.15. The Morgan fingerprint density at radius 1 is 1.32 bits per heavy atom. The molecule has 0 aliphatic carbocycles. The third-order valence-corrected chi connectivity index (χ3v) is 3.21. The van der Waals surface area contributed by atoms with Crippen LogP contribution in [0.4, 0.5) is 11.5 Å². The topological polar surface area (TPSA) is 85.6 Å². The maximum atomic E-state index is 12.2. The largest absolute Gasteiger partial charge is 0.486 e. The van der Waals surface area contributed by atoms with E-state index in [4.69, 9.17) is 14.0 Å². The average Bonchev–Trinajstić information content (AvgIpc) is 2.92. The molecule has 2 N–H and O–H groups in total. The van der Waals surface area contributed by atoms with Crippen molar-refractivity contribution >= 4 is 17.4 Å². The molecule has 2 aromatic rings. The van der Waals surface area contributed by atoms with Crippen LogP contribution in [-0.4, -0.2) is 30.3 Å². The van der Waals surface area contributed by atoms with Crippen molar-refractivity contribution in [3.63, 3.8) is 0 Å². The van der Waals surface area contributed by atoms with Gasteiger partial charge in [-0.15, -0.1) is 0 Å². The van der Waals surface area contributed by atoms with Gasteiger partial charge in [-0.3, -0.25) is 4.79 Å². The van der Waals surface area contributed by atoms with Crippen LogP contribution in [0, 0.1) is 6.92 Å². The number of ether oxygens (including phenoxy) is 2. The molecule has 1 atom stereocenters. The Labute approximate surface area is 127 Å². The molecule has 116 valence electrons. The van der Waals surface area contributed by atoms with Gasteiger partial charge >= 0.3 is 0 Å². The first kappa shape index (κ1) is 14.2. The third kappa shape index (κ3) is 2.98. The summed E-state index contributed by atoms with van der Waals surface area (Å²) in [4.78, 5) is 12.2. The number of amides is 1. The lowest BCUT2D eigenvalue weighted by molar-refractivity contribution is -0.116. The Kier molecular flexibility index (Phi) is 3.86. The van der Waals surface area contributed by atoms with Crippen LogP contribution in [0.5, 0.6) is 11.5 Å². The fourth-order valence-corrected chi connectivity index (χ4v) is 2.15. The van der Waals surface area contributed by atoms with Gasteiger partial charge in [-0.1, -0.05) is 11.2 Å². The van der Waals surface area contributed by atoms with Gasteiger partial charge in [0.2, 0.25) is 5.91 Å². The Morgan fingerprint density at radius 2 is 2.14 bits per heavy atom. The van der Waals surface area contributed by atoms with Crippen LogP contribution < -0.4 is 20.1 Å². The van der Waals surface area contributed by atoms with Crippen molar-refractivity contribution in [1.29, 1.82) is 0 Å². The van der Waals surface area contributed by atoms with Gasteiger partial charge in [-0.05, 0) is 26.0 Å². The van der Waals surface area contributed by atoms with Crippen molar-refractivity contribution in [2.24, 2.45) is 0 Å². The number of carbonyl (C=O) groups excluding carboxylic acids is 1. The Bertz CT molecular complexity index is 683. The maximum absolute atomic E-state index is 12.2. The normalized spacial score (nSPS) is 14.3. The molecule has 1 aliphatic heterocycles. The summed E-state index contributed by atoms with van der Waals surface area (Å²) >= 11 is 0. The average molecular weight is 303 g/mol. The summed E-state index contributed by atoms with van der Waals surface area (Å²) in [7, 11) is 0. The van der Waals surface area contributed by atoms with Crippen LogP contribution in [0.2, 0.25) is 0 Å². The first-order valence-corrected chi connectivity index (χ1v) is 7.03. The first-order valence-electron chi connectivity index (χ1n) is 7.03. The van der Waals surface area contributed by atoms with Gasteiger partial charge in [0.15, 0.2) is 17.3 Å². The van der Waals surface area contributed by atoms with Gasteiger partial charge in [0, 0.05) is 6.07 Å². The van der Waals surface area contributed by atoms with Crippen LogP contribution in [0.15, 0.2) is 28.8 Å². The number of hydrogen-bond acceptors (Lipinski definition) is 6. The highest BCUT2D eigenvalue weighted by Crippen LogP contribution is 2.37. The highest BCUT2D eigenvalue weighted by molar-refractivity contribution is 5.95. The highest BCUT2D eigenvalue weighted by Gasteiger charge is 2.20. The molecule has 22 heavy (non-hydrogen) atoms. The van der Waals surface area contributed by atoms with Crippen LogP contribution >= 0.6 is 0 Å². The van der Waals surface area contributed by atoms with Crippen molar-refractivity contribution in [2.75, 3.05) is 23.8 Å². The van der Waals surface area contributed by atoms with Crippen molar-refractivity contribution in [3.8, 4) is 11.5 Å². The molecule has 0 unspecified atom stereocenters. The molecule has 7 heteroatoms. The second-order valence-corrected chi connectivity index (χ2v) is 5.01. The van der Waals surface area contributed by atoms with Gasteiger partial charge in [0.1, 0.15) is 25.0 Å². The lowest BCUT2D eigenvalue weighted by Gasteiger charge is -2.23. The third-order valence-electron chi connectivity index (χ3n) is 3.21. The van der Waals surface area contributed by atoms with Crippen LogP contribution in [0.25, 0.3) is 0 Å². The van der Waals surface area contributed by atoms with E-state index in [1.807, 2.05) is 18.2 Å². The molecule has 1 aromatic heterocycles. The number of aromatic nitrogens is 1. The number of benzene rings is 1. The summed E-state index contributed by atoms with van der Waals surface area (Å²) in [5.74, 6) is 2.12. The van der Waals surface area contributed by atoms with E-state index < -0.39 is 6.04 Å². The fraction of sp³-hybridized carbons (Fsp3) is 0.333. The number of hydrogen-bond donors (Lipinski definition) is 2. The monoisotopic (exact) mass is 303 g/mol. The molecule has 0 spiro atoms. The summed E-state index contributed by atoms with van der Waals surface area (Å²) in [6.07, 6.45) is 0. The van der Waals surface area contributed by atoms with Gasteiger partial charge in [0.25, 0.3) is 0 Å².